The second-order valence-electron chi connectivity index (χ2n) is 18.7. The zero-order valence-electron chi connectivity index (χ0n) is 36.6. The molecule has 63 heavy (non-hydrogen) atoms. The molecule has 306 valence electrons. The third-order valence-corrected chi connectivity index (χ3v) is 13.7. The van der Waals surface area contributed by atoms with Crippen molar-refractivity contribution in [2.24, 2.45) is 5.41 Å². The molecule has 2 aliphatic carbocycles. The van der Waals surface area contributed by atoms with Gasteiger partial charge >= 0.3 is 0 Å². The predicted molar refractivity (Wildman–Crippen MR) is 270 cm³/mol. The van der Waals surface area contributed by atoms with E-state index in [1.54, 1.807) is 0 Å². The lowest BCUT2D eigenvalue weighted by Gasteiger charge is -2.50. The van der Waals surface area contributed by atoms with Crippen molar-refractivity contribution in [1.29, 1.82) is 0 Å². The minimum absolute atomic E-state index is 0.00883. The molecule has 3 nitrogen and oxygen atoms in total. The number of allylic oxidation sites excluding steroid dienone is 4. The topological polar surface area (TPSA) is 9.72 Å². The maximum absolute atomic E-state index is 2.69. The van der Waals surface area contributed by atoms with Crippen LogP contribution in [-0.2, 0) is 0 Å². The second kappa shape index (κ2) is 15.4. The Bertz CT molecular complexity index is 2960. The van der Waals surface area contributed by atoms with Gasteiger partial charge in [-0.1, -0.05) is 179 Å². The first-order chi connectivity index (χ1) is 30.7. The van der Waals surface area contributed by atoms with Gasteiger partial charge in [-0.15, -0.1) is 0 Å². The van der Waals surface area contributed by atoms with E-state index in [1.165, 1.54) is 78.3 Å². The maximum Gasteiger partial charge on any atom is 0.252 e. The van der Waals surface area contributed by atoms with Crippen molar-refractivity contribution in [3.8, 4) is 22.3 Å². The summed E-state index contributed by atoms with van der Waals surface area (Å²) in [5.74, 6) is 0. The second-order valence-corrected chi connectivity index (χ2v) is 18.7. The van der Waals surface area contributed by atoms with Gasteiger partial charge in [0.2, 0.25) is 0 Å². The average molecular weight is 814 g/mol. The number of hydrogen-bond donors (Lipinski definition) is 0. The fraction of sp³-hybridized carbons (Fsp3) is 0.153. The first-order valence-corrected chi connectivity index (χ1v) is 22.5. The van der Waals surface area contributed by atoms with Crippen LogP contribution < -0.4 is 31.1 Å². The van der Waals surface area contributed by atoms with E-state index in [1.807, 2.05) is 0 Å². The Balaban J connectivity index is 1.15. The first kappa shape index (κ1) is 38.9. The van der Waals surface area contributed by atoms with Crippen LogP contribution in [0.2, 0.25) is 0 Å². The molecule has 0 saturated carbocycles. The van der Waals surface area contributed by atoms with Gasteiger partial charge in [-0.3, -0.25) is 0 Å². The van der Waals surface area contributed by atoms with E-state index in [0.29, 0.717) is 0 Å². The summed E-state index contributed by atoms with van der Waals surface area (Å²) in [5, 5.41) is 0. The van der Waals surface area contributed by atoms with E-state index in [2.05, 4.69) is 255 Å². The molecule has 7 aromatic rings. The molecule has 0 bridgehead atoms. The van der Waals surface area contributed by atoms with Gasteiger partial charge in [0, 0.05) is 39.8 Å². The van der Waals surface area contributed by atoms with Crippen molar-refractivity contribution < 1.29 is 0 Å². The number of nitrogens with zero attached hydrogens (tertiary/aromatic N) is 3. The third kappa shape index (κ3) is 6.77. The molecule has 2 aliphatic heterocycles. The van der Waals surface area contributed by atoms with Crippen LogP contribution in [0.5, 0.6) is 0 Å². The largest absolute Gasteiger partial charge is 0.334 e. The normalized spacial score (nSPS) is 18.4. The summed E-state index contributed by atoms with van der Waals surface area (Å²) in [5.41, 5.74) is 18.5. The molecule has 0 aromatic heterocycles. The van der Waals surface area contributed by atoms with Crippen LogP contribution in [0.25, 0.3) is 22.3 Å². The van der Waals surface area contributed by atoms with Gasteiger partial charge in [0.05, 0.1) is 11.6 Å². The van der Waals surface area contributed by atoms with E-state index >= 15 is 0 Å². The highest BCUT2D eigenvalue weighted by atomic mass is 15.2. The van der Waals surface area contributed by atoms with Crippen LogP contribution in [-0.4, -0.2) is 18.3 Å². The molecule has 4 heteroatoms. The molecule has 0 amide bonds. The van der Waals surface area contributed by atoms with Crippen LogP contribution in [0.4, 0.5) is 39.8 Å². The van der Waals surface area contributed by atoms with Crippen LogP contribution in [0, 0.1) is 5.41 Å². The van der Waals surface area contributed by atoms with E-state index < -0.39 is 0 Å². The van der Waals surface area contributed by atoms with Gasteiger partial charge in [-0.2, -0.15) is 0 Å². The molecule has 0 saturated heterocycles. The van der Waals surface area contributed by atoms with Crippen molar-refractivity contribution in [2.45, 2.75) is 52.1 Å². The minimum atomic E-state index is -0.332. The van der Waals surface area contributed by atoms with Crippen LogP contribution >= 0.6 is 0 Å². The summed E-state index contributed by atoms with van der Waals surface area (Å²) in [6.07, 6.45) is 18.2. The van der Waals surface area contributed by atoms with Crippen LogP contribution in [0.3, 0.4) is 0 Å². The summed E-state index contributed by atoms with van der Waals surface area (Å²) in [6, 6.07) is 63.3. The van der Waals surface area contributed by atoms with Crippen molar-refractivity contribution >= 4 is 62.9 Å². The number of rotatable bonds is 7. The molecule has 2 atom stereocenters. The van der Waals surface area contributed by atoms with Crippen molar-refractivity contribution in [1.82, 2.24) is 0 Å². The number of fused-ring (bicyclic) bond motifs is 4. The molecule has 4 aliphatic rings. The molecule has 7 aromatic carbocycles. The van der Waals surface area contributed by atoms with E-state index in [9.17, 15) is 0 Å². The van der Waals surface area contributed by atoms with Crippen molar-refractivity contribution in [3.63, 3.8) is 0 Å². The predicted octanol–water partition coefficient (Wildman–Crippen LogP) is 13.5. The standard InChI is InChI=1S/C59H52BN3/c1-58(2,3)46-36-38-59(4,39-37-46)63-55-27-17-26-54-57(55)60(51-34-33-50(41-56(51)63)61(47-22-13-7-14-23-47)48-24-15-8-16-25-48)52-40-45(43-20-11-6-12-21-43)30-35-53(52)62(54)49-31-28-44(29-32-49)42-18-9-5-10-19-42/h5-24,26-38,40-41,48H,25,39H2,1-4H3. The van der Waals surface area contributed by atoms with Gasteiger partial charge in [-0.05, 0) is 124 Å². The maximum atomic E-state index is 2.69. The SMILES string of the molecule is CC(C)(C)C1=CCC(C)(N2c3cc(N(c4ccccc4)C4C=CC=CC4)ccc3B3c4cc(-c5ccccc5)ccc4N(c4ccc(-c5ccccc5)cc4)c4cccc2c43)C=C1. The Hall–Kier alpha value is -7.04. The molecule has 0 fully saturated rings. The summed E-state index contributed by atoms with van der Waals surface area (Å²) in [6.45, 7) is 9.41. The van der Waals surface area contributed by atoms with Crippen molar-refractivity contribution in [2.75, 3.05) is 14.7 Å². The molecule has 11 rings (SSSR count). The van der Waals surface area contributed by atoms with E-state index in [4.69, 9.17) is 0 Å². The minimum Gasteiger partial charge on any atom is -0.334 e. The summed E-state index contributed by atoms with van der Waals surface area (Å²) < 4.78 is 0. The molecule has 2 heterocycles. The number of anilines is 7. The highest BCUT2D eigenvalue weighted by Gasteiger charge is 2.47. The Morgan fingerprint density at radius 3 is 1.92 bits per heavy atom. The number of benzene rings is 7. The fourth-order valence-electron chi connectivity index (χ4n) is 10.5. The fourth-order valence-corrected chi connectivity index (χ4v) is 10.5. The lowest BCUT2D eigenvalue weighted by Crippen LogP contribution is -2.64. The van der Waals surface area contributed by atoms with Crippen molar-refractivity contribution in [3.05, 3.63) is 218 Å². The molecule has 0 spiro atoms. The Morgan fingerprint density at radius 2 is 1.25 bits per heavy atom. The average Bonchev–Trinajstić information content (AvgIpc) is 3.32. The molecular weight excluding hydrogens is 761 g/mol. The Labute approximate surface area is 373 Å². The first-order valence-electron chi connectivity index (χ1n) is 22.5. The van der Waals surface area contributed by atoms with E-state index in [0.717, 1.165) is 18.5 Å². The molecule has 0 N–H and O–H groups in total. The van der Waals surface area contributed by atoms with Gasteiger partial charge in [0.15, 0.2) is 0 Å². The lowest BCUT2D eigenvalue weighted by atomic mass is 9.33. The highest BCUT2D eigenvalue weighted by molar-refractivity contribution is 7.00. The number of para-hydroxylation sites is 1. The quantitative estimate of drug-likeness (QED) is 0.148. The zero-order chi connectivity index (χ0) is 42.7. The Kier molecular flexibility index (Phi) is 9.50. The summed E-state index contributed by atoms with van der Waals surface area (Å²) in [7, 11) is 0. The van der Waals surface area contributed by atoms with Gasteiger partial charge in [0.1, 0.15) is 0 Å². The van der Waals surface area contributed by atoms with Crippen LogP contribution in [0.1, 0.15) is 40.5 Å². The number of hydrogen-bond acceptors (Lipinski definition) is 3. The molecular formula is C59H52BN3. The highest BCUT2D eigenvalue weighted by Crippen LogP contribution is 2.48. The summed E-state index contributed by atoms with van der Waals surface area (Å²) in [4.78, 5) is 7.74. The van der Waals surface area contributed by atoms with Gasteiger partial charge in [-0.25, -0.2) is 0 Å². The monoisotopic (exact) mass is 813 g/mol. The third-order valence-electron chi connectivity index (χ3n) is 13.7. The lowest BCUT2D eigenvalue weighted by molar-refractivity contribution is 0.494. The smallest absolute Gasteiger partial charge is 0.252 e. The summed E-state index contributed by atoms with van der Waals surface area (Å²) >= 11 is 0. The molecule has 2 unspecified atom stereocenters. The molecule has 0 radical (unpaired) electrons. The van der Waals surface area contributed by atoms with E-state index in [-0.39, 0.29) is 23.7 Å². The Morgan fingerprint density at radius 1 is 0.587 bits per heavy atom. The van der Waals surface area contributed by atoms with Gasteiger partial charge in [0.25, 0.3) is 6.71 Å². The van der Waals surface area contributed by atoms with Gasteiger partial charge < -0.3 is 14.7 Å². The van der Waals surface area contributed by atoms with Crippen LogP contribution in [0.15, 0.2) is 218 Å². The zero-order valence-corrected chi connectivity index (χ0v) is 36.6.